The van der Waals surface area contributed by atoms with Crippen molar-refractivity contribution in [1.29, 1.82) is 0 Å². The van der Waals surface area contributed by atoms with Gasteiger partial charge in [-0.25, -0.2) is 4.98 Å². The maximum absolute atomic E-state index is 12.0. The number of nitrogens with one attached hydrogen (secondary N) is 2. The Labute approximate surface area is 143 Å². The maximum Gasteiger partial charge on any atom is 0.224 e. The van der Waals surface area contributed by atoms with E-state index in [9.17, 15) is 4.79 Å². The number of benzene rings is 1. The van der Waals surface area contributed by atoms with Gasteiger partial charge in [0, 0.05) is 12.5 Å². The van der Waals surface area contributed by atoms with Gasteiger partial charge in [-0.2, -0.15) is 0 Å². The number of pyridine rings is 1. The molecule has 0 spiro atoms. The Kier molecular flexibility index (Phi) is 5.83. The minimum Gasteiger partial charge on any atom is -0.367 e. The fraction of sp³-hybridized carbons (Fsp3) is 0.400. The Morgan fingerprint density at radius 2 is 1.83 bits per heavy atom. The molecule has 1 aromatic carbocycles. The monoisotopic (exact) mass is 323 g/mol. The van der Waals surface area contributed by atoms with Gasteiger partial charge in [0.25, 0.3) is 0 Å². The van der Waals surface area contributed by atoms with Gasteiger partial charge in [-0.15, -0.1) is 0 Å². The van der Waals surface area contributed by atoms with Gasteiger partial charge in [-0.05, 0) is 37.0 Å². The van der Waals surface area contributed by atoms with Crippen LogP contribution in [0.25, 0.3) is 0 Å². The number of hydrogen-bond acceptors (Lipinski definition) is 3. The largest absolute Gasteiger partial charge is 0.367 e. The van der Waals surface area contributed by atoms with Crippen LogP contribution in [0.1, 0.15) is 44.1 Å². The van der Waals surface area contributed by atoms with E-state index in [1.807, 2.05) is 42.5 Å². The van der Waals surface area contributed by atoms with Crippen LogP contribution in [0.3, 0.4) is 0 Å². The summed E-state index contributed by atoms with van der Waals surface area (Å²) in [7, 11) is 0. The van der Waals surface area contributed by atoms with E-state index in [-0.39, 0.29) is 5.91 Å². The van der Waals surface area contributed by atoms with Crippen molar-refractivity contribution >= 4 is 17.4 Å². The predicted molar refractivity (Wildman–Crippen MR) is 98.1 cm³/mol. The van der Waals surface area contributed by atoms with Crippen LogP contribution >= 0.6 is 0 Å². The normalized spacial score (nSPS) is 15.0. The average Bonchev–Trinajstić information content (AvgIpc) is 2.63. The zero-order valence-corrected chi connectivity index (χ0v) is 14.0. The van der Waals surface area contributed by atoms with Gasteiger partial charge in [-0.3, -0.25) is 4.79 Å². The zero-order chi connectivity index (χ0) is 16.6. The Morgan fingerprint density at radius 1 is 1.04 bits per heavy atom. The molecule has 1 aliphatic rings. The molecule has 3 rings (SSSR count). The summed E-state index contributed by atoms with van der Waals surface area (Å²) in [6, 6.07) is 14.5. The SMILES string of the molecule is O=C(CCc1ccccc1)Nc1ccc(NC2CCCCC2)nc1. The molecule has 0 radical (unpaired) electrons. The number of rotatable bonds is 6. The van der Waals surface area contributed by atoms with Crippen molar-refractivity contribution in [2.45, 2.75) is 51.0 Å². The number of aryl methyl sites for hydroxylation is 1. The summed E-state index contributed by atoms with van der Waals surface area (Å²) >= 11 is 0. The van der Waals surface area contributed by atoms with Gasteiger partial charge in [0.15, 0.2) is 0 Å². The van der Waals surface area contributed by atoms with Crippen LogP contribution < -0.4 is 10.6 Å². The minimum atomic E-state index is 0.0219. The summed E-state index contributed by atoms with van der Waals surface area (Å²) in [6.07, 6.45) is 9.35. The quantitative estimate of drug-likeness (QED) is 0.828. The minimum absolute atomic E-state index is 0.0219. The van der Waals surface area contributed by atoms with Crippen molar-refractivity contribution in [2.24, 2.45) is 0 Å². The van der Waals surface area contributed by atoms with Crippen LogP contribution in [0.2, 0.25) is 0 Å². The molecule has 4 nitrogen and oxygen atoms in total. The molecule has 2 aromatic rings. The summed E-state index contributed by atoms with van der Waals surface area (Å²) in [5, 5.41) is 6.40. The molecule has 0 aliphatic heterocycles. The fourth-order valence-electron chi connectivity index (χ4n) is 3.14. The van der Waals surface area contributed by atoms with Crippen molar-refractivity contribution in [1.82, 2.24) is 4.98 Å². The summed E-state index contributed by atoms with van der Waals surface area (Å²) in [6.45, 7) is 0. The van der Waals surface area contributed by atoms with E-state index in [4.69, 9.17) is 0 Å². The highest BCUT2D eigenvalue weighted by Gasteiger charge is 2.13. The van der Waals surface area contributed by atoms with Crippen LogP contribution in [0.15, 0.2) is 48.7 Å². The van der Waals surface area contributed by atoms with Crippen molar-refractivity contribution in [3.05, 3.63) is 54.2 Å². The number of amides is 1. The van der Waals surface area contributed by atoms with E-state index in [0.717, 1.165) is 17.9 Å². The van der Waals surface area contributed by atoms with Crippen LogP contribution in [0, 0.1) is 0 Å². The molecule has 1 fully saturated rings. The van der Waals surface area contributed by atoms with Crippen LogP contribution in [-0.2, 0) is 11.2 Å². The Morgan fingerprint density at radius 3 is 2.54 bits per heavy atom. The molecule has 0 saturated heterocycles. The lowest BCUT2D eigenvalue weighted by molar-refractivity contribution is -0.116. The van der Waals surface area contributed by atoms with Gasteiger partial charge in [0.05, 0.1) is 11.9 Å². The molecule has 1 heterocycles. The predicted octanol–water partition coefficient (Wildman–Crippen LogP) is 4.40. The van der Waals surface area contributed by atoms with E-state index >= 15 is 0 Å². The van der Waals surface area contributed by atoms with Gasteiger partial charge in [0.2, 0.25) is 5.91 Å². The fourth-order valence-corrected chi connectivity index (χ4v) is 3.14. The van der Waals surface area contributed by atoms with E-state index in [1.54, 1.807) is 6.20 Å². The first-order chi connectivity index (χ1) is 11.8. The summed E-state index contributed by atoms with van der Waals surface area (Å²) < 4.78 is 0. The number of carbonyl (C=O) groups is 1. The lowest BCUT2D eigenvalue weighted by atomic mass is 9.95. The third kappa shape index (κ3) is 5.08. The number of carbonyl (C=O) groups excluding carboxylic acids is 1. The summed E-state index contributed by atoms with van der Waals surface area (Å²) in [5.41, 5.74) is 1.93. The molecule has 4 heteroatoms. The molecule has 126 valence electrons. The zero-order valence-electron chi connectivity index (χ0n) is 14.0. The summed E-state index contributed by atoms with van der Waals surface area (Å²) in [5.74, 6) is 0.915. The first-order valence-corrected chi connectivity index (χ1v) is 8.86. The highest BCUT2D eigenvalue weighted by molar-refractivity contribution is 5.90. The lowest BCUT2D eigenvalue weighted by Crippen LogP contribution is -2.22. The second-order valence-corrected chi connectivity index (χ2v) is 6.45. The topological polar surface area (TPSA) is 54.0 Å². The first kappa shape index (κ1) is 16.5. The smallest absolute Gasteiger partial charge is 0.224 e. The molecule has 24 heavy (non-hydrogen) atoms. The van der Waals surface area contributed by atoms with Crippen molar-refractivity contribution in [2.75, 3.05) is 10.6 Å². The molecule has 2 N–H and O–H groups in total. The molecular weight excluding hydrogens is 298 g/mol. The molecule has 1 amide bonds. The molecule has 0 unspecified atom stereocenters. The molecule has 1 aliphatic carbocycles. The molecule has 1 aromatic heterocycles. The standard InChI is InChI=1S/C20H25N3O/c24-20(14-11-16-7-3-1-4-8-16)23-18-12-13-19(21-15-18)22-17-9-5-2-6-10-17/h1,3-4,7-8,12-13,15,17H,2,5-6,9-11,14H2,(H,21,22)(H,23,24). The van der Waals surface area contributed by atoms with Gasteiger partial charge in [-0.1, -0.05) is 49.6 Å². The second kappa shape index (κ2) is 8.48. The Balaban J connectivity index is 1.45. The van der Waals surface area contributed by atoms with Crippen LogP contribution in [0.4, 0.5) is 11.5 Å². The molecule has 0 atom stereocenters. The van der Waals surface area contributed by atoms with E-state index in [0.29, 0.717) is 12.5 Å². The Bertz CT molecular complexity index is 634. The van der Waals surface area contributed by atoms with Crippen molar-refractivity contribution in [3.8, 4) is 0 Å². The Hall–Kier alpha value is -2.36. The number of aromatic nitrogens is 1. The molecule has 0 bridgehead atoms. The van der Waals surface area contributed by atoms with Crippen LogP contribution in [-0.4, -0.2) is 16.9 Å². The lowest BCUT2D eigenvalue weighted by Gasteiger charge is -2.23. The van der Waals surface area contributed by atoms with E-state index < -0.39 is 0 Å². The van der Waals surface area contributed by atoms with Crippen molar-refractivity contribution < 1.29 is 4.79 Å². The van der Waals surface area contributed by atoms with Gasteiger partial charge in [0.1, 0.15) is 5.82 Å². The molecule has 1 saturated carbocycles. The highest BCUT2D eigenvalue weighted by Crippen LogP contribution is 2.21. The third-order valence-corrected chi connectivity index (χ3v) is 4.49. The first-order valence-electron chi connectivity index (χ1n) is 8.86. The number of nitrogens with zero attached hydrogens (tertiary/aromatic N) is 1. The number of hydrogen-bond donors (Lipinski definition) is 2. The third-order valence-electron chi connectivity index (χ3n) is 4.49. The molecular formula is C20H25N3O. The van der Waals surface area contributed by atoms with Crippen LogP contribution in [0.5, 0.6) is 0 Å². The van der Waals surface area contributed by atoms with E-state index in [1.165, 1.54) is 37.7 Å². The summed E-state index contributed by atoms with van der Waals surface area (Å²) in [4.78, 5) is 16.5. The van der Waals surface area contributed by atoms with E-state index in [2.05, 4.69) is 15.6 Å². The van der Waals surface area contributed by atoms with Crippen molar-refractivity contribution in [3.63, 3.8) is 0 Å². The van der Waals surface area contributed by atoms with Gasteiger partial charge >= 0.3 is 0 Å². The average molecular weight is 323 g/mol. The second-order valence-electron chi connectivity index (χ2n) is 6.45. The maximum atomic E-state index is 12.0. The number of anilines is 2. The highest BCUT2D eigenvalue weighted by atomic mass is 16.1. The van der Waals surface area contributed by atoms with Gasteiger partial charge < -0.3 is 10.6 Å².